The SMILES string of the molecule is CCOP(=O)(OCC)C(NC(=O)c1cc(-c2cccc3ccccc23)n(-c2ccc(S(N)(=O)=O)cc2)n1)c1ccc(Cl)cc1. The summed E-state index contributed by atoms with van der Waals surface area (Å²) in [6.07, 6.45) is 0. The van der Waals surface area contributed by atoms with Gasteiger partial charge in [0.15, 0.2) is 11.5 Å². The van der Waals surface area contributed by atoms with Crippen molar-refractivity contribution in [1.29, 1.82) is 0 Å². The van der Waals surface area contributed by atoms with Crippen LogP contribution in [-0.4, -0.2) is 37.3 Å². The molecule has 10 nitrogen and oxygen atoms in total. The van der Waals surface area contributed by atoms with E-state index >= 15 is 0 Å². The van der Waals surface area contributed by atoms with Gasteiger partial charge in [-0.1, -0.05) is 66.2 Å². The van der Waals surface area contributed by atoms with Crippen LogP contribution in [0.3, 0.4) is 0 Å². The van der Waals surface area contributed by atoms with Crippen molar-refractivity contribution >= 4 is 45.9 Å². The number of carbonyl (C=O) groups excluding carboxylic acids is 1. The number of nitrogens with one attached hydrogen (secondary N) is 1. The molecule has 228 valence electrons. The van der Waals surface area contributed by atoms with Crippen LogP contribution >= 0.6 is 19.2 Å². The first-order valence-electron chi connectivity index (χ1n) is 13.7. The van der Waals surface area contributed by atoms with E-state index in [9.17, 15) is 17.8 Å². The minimum atomic E-state index is -3.92. The van der Waals surface area contributed by atoms with Gasteiger partial charge in [-0.05, 0) is 72.6 Å². The molecule has 1 atom stereocenters. The zero-order valence-electron chi connectivity index (χ0n) is 23.9. The van der Waals surface area contributed by atoms with Crippen LogP contribution in [0.15, 0.2) is 102 Å². The molecule has 0 aliphatic carbocycles. The minimum absolute atomic E-state index is 0.0157. The second kappa shape index (κ2) is 13.0. The number of hydrogen-bond donors (Lipinski definition) is 2. The zero-order chi connectivity index (χ0) is 31.5. The third kappa shape index (κ3) is 6.63. The molecule has 1 amide bonds. The Labute approximate surface area is 260 Å². The largest absolute Gasteiger partial charge is 0.357 e. The molecule has 0 aliphatic heterocycles. The van der Waals surface area contributed by atoms with Gasteiger partial charge in [0, 0.05) is 10.6 Å². The van der Waals surface area contributed by atoms with Gasteiger partial charge in [0.1, 0.15) is 0 Å². The summed E-state index contributed by atoms with van der Waals surface area (Å²) in [6.45, 7) is 3.55. The van der Waals surface area contributed by atoms with Crippen LogP contribution < -0.4 is 10.5 Å². The number of halogens is 1. The average molecular weight is 653 g/mol. The van der Waals surface area contributed by atoms with Crippen LogP contribution in [0.4, 0.5) is 0 Å². The van der Waals surface area contributed by atoms with Crippen molar-refractivity contribution in [1.82, 2.24) is 15.1 Å². The van der Waals surface area contributed by atoms with Crippen LogP contribution in [-0.2, 0) is 23.6 Å². The summed E-state index contributed by atoms with van der Waals surface area (Å²) in [5, 5.41) is 15.1. The molecule has 0 aliphatic rings. The van der Waals surface area contributed by atoms with E-state index in [0.29, 0.717) is 22.0 Å². The number of carbonyl (C=O) groups is 1. The van der Waals surface area contributed by atoms with Gasteiger partial charge in [-0.25, -0.2) is 18.2 Å². The summed E-state index contributed by atoms with van der Waals surface area (Å²) >= 11 is 6.10. The lowest BCUT2D eigenvalue weighted by Crippen LogP contribution is -2.30. The number of amides is 1. The molecular formula is C31H30ClN4O6PS. The van der Waals surface area contributed by atoms with Gasteiger partial charge in [-0.15, -0.1) is 0 Å². The highest BCUT2D eigenvalue weighted by Crippen LogP contribution is 2.59. The number of nitrogens with zero attached hydrogens (tertiary/aromatic N) is 2. The maximum Gasteiger partial charge on any atom is 0.357 e. The van der Waals surface area contributed by atoms with E-state index in [2.05, 4.69) is 10.4 Å². The molecule has 1 aromatic heterocycles. The van der Waals surface area contributed by atoms with Crippen molar-refractivity contribution in [2.75, 3.05) is 13.2 Å². The molecule has 0 spiro atoms. The lowest BCUT2D eigenvalue weighted by atomic mass is 10.0. The smallest absolute Gasteiger partial charge is 0.333 e. The minimum Gasteiger partial charge on any atom is -0.333 e. The lowest BCUT2D eigenvalue weighted by molar-refractivity contribution is 0.0931. The van der Waals surface area contributed by atoms with Crippen LogP contribution in [0, 0.1) is 0 Å². The van der Waals surface area contributed by atoms with E-state index in [4.69, 9.17) is 25.8 Å². The van der Waals surface area contributed by atoms with Gasteiger partial charge in [0.25, 0.3) is 5.91 Å². The number of primary sulfonamides is 1. The average Bonchev–Trinajstić information content (AvgIpc) is 3.45. The van der Waals surface area contributed by atoms with Crippen LogP contribution in [0.5, 0.6) is 0 Å². The van der Waals surface area contributed by atoms with Gasteiger partial charge in [0.05, 0.1) is 29.5 Å². The Hall–Kier alpha value is -3.83. The first kappa shape index (κ1) is 31.6. The molecular weight excluding hydrogens is 623 g/mol. The molecule has 44 heavy (non-hydrogen) atoms. The zero-order valence-corrected chi connectivity index (χ0v) is 26.4. The Morgan fingerprint density at radius 2 is 1.59 bits per heavy atom. The fourth-order valence-electron chi connectivity index (χ4n) is 4.84. The van der Waals surface area contributed by atoms with Gasteiger partial charge >= 0.3 is 7.60 Å². The van der Waals surface area contributed by atoms with Crippen molar-refractivity contribution in [3.63, 3.8) is 0 Å². The predicted octanol–water partition coefficient (Wildman–Crippen LogP) is 6.69. The Morgan fingerprint density at radius 1 is 0.955 bits per heavy atom. The molecule has 0 radical (unpaired) electrons. The Balaban J connectivity index is 1.63. The summed E-state index contributed by atoms with van der Waals surface area (Å²) in [6, 6.07) is 27.6. The van der Waals surface area contributed by atoms with Crippen molar-refractivity contribution in [3.8, 4) is 16.9 Å². The van der Waals surface area contributed by atoms with E-state index in [0.717, 1.165) is 16.3 Å². The van der Waals surface area contributed by atoms with Crippen molar-refractivity contribution in [2.24, 2.45) is 5.14 Å². The molecule has 1 heterocycles. The molecule has 0 fully saturated rings. The molecule has 5 aromatic rings. The number of fused-ring (bicyclic) bond motifs is 1. The molecule has 0 saturated heterocycles. The third-order valence-electron chi connectivity index (χ3n) is 6.81. The molecule has 0 saturated carbocycles. The standard InChI is InChI=1S/C31H30ClN4O6PS/c1-3-41-43(38,42-4-2)31(22-12-14-23(32)15-13-22)34-30(37)28-20-29(27-11-7-9-21-8-5-6-10-26(21)27)36(35-28)24-16-18-25(19-17-24)44(33,39)40/h5-20,31H,3-4H2,1-2H3,(H,34,37)(H2,33,39,40). The predicted molar refractivity (Wildman–Crippen MR) is 170 cm³/mol. The van der Waals surface area contributed by atoms with E-state index in [-0.39, 0.29) is 23.8 Å². The number of aromatic nitrogens is 2. The van der Waals surface area contributed by atoms with Crippen LogP contribution in [0.25, 0.3) is 27.7 Å². The molecule has 1 unspecified atom stereocenters. The topological polar surface area (TPSA) is 143 Å². The molecule has 4 aromatic carbocycles. The Morgan fingerprint density at radius 3 is 2.23 bits per heavy atom. The summed E-state index contributed by atoms with van der Waals surface area (Å²) in [5.74, 6) is -1.79. The first-order valence-corrected chi connectivity index (χ1v) is 17.2. The van der Waals surface area contributed by atoms with Crippen LogP contribution in [0.1, 0.15) is 35.7 Å². The number of hydrogen-bond acceptors (Lipinski definition) is 7. The fraction of sp³-hybridized carbons (Fsp3) is 0.161. The summed E-state index contributed by atoms with van der Waals surface area (Å²) in [4.78, 5) is 13.8. The monoisotopic (exact) mass is 652 g/mol. The molecule has 5 rings (SSSR count). The highest BCUT2D eigenvalue weighted by molar-refractivity contribution is 7.89. The van der Waals surface area contributed by atoms with E-state index < -0.39 is 29.3 Å². The van der Waals surface area contributed by atoms with E-state index in [1.807, 2.05) is 42.5 Å². The third-order valence-corrected chi connectivity index (χ3v) is 10.3. The van der Waals surface area contributed by atoms with Gasteiger partial charge in [-0.3, -0.25) is 9.36 Å². The summed E-state index contributed by atoms with van der Waals surface area (Å²) in [5.41, 5.74) is 2.33. The molecule has 0 bridgehead atoms. The van der Waals surface area contributed by atoms with Gasteiger partial charge < -0.3 is 14.4 Å². The van der Waals surface area contributed by atoms with Crippen molar-refractivity contribution in [2.45, 2.75) is 24.5 Å². The normalized spacial score (nSPS) is 12.7. The quantitative estimate of drug-likeness (QED) is 0.151. The van der Waals surface area contributed by atoms with Crippen molar-refractivity contribution < 1.29 is 26.8 Å². The highest BCUT2D eigenvalue weighted by atomic mass is 35.5. The van der Waals surface area contributed by atoms with Crippen LogP contribution in [0.2, 0.25) is 5.02 Å². The number of rotatable bonds is 11. The number of sulfonamides is 1. The van der Waals surface area contributed by atoms with Crippen molar-refractivity contribution in [3.05, 3.63) is 113 Å². The number of benzene rings is 4. The summed E-state index contributed by atoms with van der Waals surface area (Å²) < 4.78 is 50.5. The maximum absolute atomic E-state index is 14.0. The Bertz CT molecular complexity index is 1950. The van der Waals surface area contributed by atoms with Gasteiger partial charge in [-0.2, -0.15) is 5.10 Å². The van der Waals surface area contributed by atoms with Gasteiger partial charge in [0.2, 0.25) is 10.0 Å². The Kier molecular flexibility index (Phi) is 9.36. The second-order valence-electron chi connectivity index (χ2n) is 9.70. The van der Waals surface area contributed by atoms with E-state index in [1.54, 1.807) is 61.0 Å². The number of nitrogens with two attached hydrogens (primary N) is 1. The lowest BCUT2D eigenvalue weighted by Gasteiger charge is -2.27. The molecule has 13 heteroatoms. The second-order valence-corrected chi connectivity index (χ2v) is 13.8. The summed E-state index contributed by atoms with van der Waals surface area (Å²) in [7, 11) is -7.81. The highest BCUT2D eigenvalue weighted by Gasteiger charge is 2.39. The first-order chi connectivity index (χ1) is 21.0. The van der Waals surface area contributed by atoms with E-state index in [1.165, 1.54) is 12.1 Å². The molecule has 3 N–H and O–H groups in total. The maximum atomic E-state index is 14.0. The fourth-order valence-corrected chi connectivity index (χ4v) is 7.39.